The number of carbonyl (C=O) groups is 2. The molecule has 0 aliphatic heterocycles. The lowest BCUT2D eigenvalue weighted by Crippen LogP contribution is -2.27. The first-order chi connectivity index (χ1) is 18.7. The highest BCUT2D eigenvalue weighted by Gasteiger charge is 2.16. The molecule has 0 fully saturated rings. The second kappa shape index (κ2) is 12.0. The van der Waals surface area contributed by atoms with Crippen molar-refractivity contribution in [2.24, 2.45) is 0 Å². The molecular weight excluding hydrogens is 496 g/mol. The number of amides is 2. The monoisotopic (exact) mass is 526 g/mol. The van der Waals surface area contributed by atoms with Gasteiger partial charge in [0.2, 0.25) is 0 Å². The first-order valence-electron chi connectivity index (χ1n) is 12.2. The zero-order chi connectivity index (χ0) is 27.8. The van der Waals surface area contributed by atoms with E-state index in [0.29, 0.717) is 28.8 Å². The fourth-order valence-corrected chi connectivity index (χ4v) is 3.44. The Hall–Kier alpha value is -5.12. The highest BCUT2D eigenvalue weighted by Crippen LogP contribution is 2.26. The zero-order valence-electron chi connectivity index (χ0n) is 22.1. The second-order valence-corrected chi connectivity index (χ2v) is 9.45. The van der Waals surface area contributed by atoms with Crippen molar-refractivity contribution in [3.63, 3.8) is 0 Å². The van der Waals surface area contributed by atoms with Gasteiger partial charge in [0.05, 0.1) is 0 Å². The molecule has 2 amide bonds. The van der Waals surface area contributed by atoms with Crippen LogP contribution in [0.5, 0.6) is 11.5 Å². The van der Waals surface area contributed by atoms with Crippen LogP contribution in [0.25, 0.3) is 0 Å². The summed E-state index contributed by atoms with van der Waals surface area (Å²) in [4.78, 5) is 32.5. The van der Waals surface area contributed by atoms with Crippen LogP contribution < -0.4 is 26.0 Å². The molecule has 0 unspecified atom stereocenters. The van der Waals surface area contributed by atoms with E-state index < -0.39 is 11.7 Å². The molecule has 0 radical (unpaired) electrons. The number of pyridine rings is 2. The van der Waals surface area contributed by atoms with Crippen LogP contribution in [-0.4, -0.2) is 34.6 Å². The highest BCUT2D eigenvalue weighted by molar-refractivity contribution is 5.92. The third-order valence-corrected chi connectivity index (χ3v) is 5.08. The standard InChI is InChI=1S/C29H30N6O4/c1-29(2,3)39-28(37)34-21-8-5-7-20(17-21)33-26-10-6-9-25(35-26)32-19-11-13-22(14-12-19)38-23-15-16-31-24(18-23)27(36)30-4/h5-18H,1-4H3,(H,30,36)(H,34,37)(H2,32,33,35). The van der Waals surface area contributed by atoms with Gasteiger partial charge in [-0.1, -0.05) is 12.1 Å². The molecule has 200 valence electrons. The summed E-state index contributed by atoms with van der Waals surface area (Å²) in [6.07, 6.45) is 1.01. The molecule has 2 aromatic heterocycles. The number of carbonyl (C=O) groups excluding carboxylic acids is 2. The van der Waals surface area contributed by atoms with Gasteiger partial charge >= 0.3 is 6.09 Å². The van der Waals surface area contributed by atoms with Crippen molar-refractivity contribution in [1.29, 1.82) is 0 Å². The summed E-state index contributed by atoms with van der Waals surface area (Å²) in [5, 5.41) is 11.8. The van der Waals surface area contributed by atoms with E-state index in [2.05, 4.69) is 31.2 Å². The molecule has 4 rings (SSSR count). The summed E-state index contributed by atoms with van der Waals surface area (Å²) in [7, 11) is 1.55. The van der Waals surface area contributed by atoms with Crippen LogP contribution in [-0.2, 0) is 4.74 Å². The van der Waals surface area contributed by atoms with Crippen LogP contribution >= 0.6 is 0 Å². The number of hydrogen-bond acceptors (Lipinski definition) is 8. The van der Waals surface area contributed by atoms with Gasteiger partial charge in [-0.05, 0) is 81.4 Å². The van der Waals surface area contributed by atoms with Crippen molar-refractivity contribution >= 4 is 40.7 Å². The largest absolute Gasteiger partial charge is 0.457 e. The van der Waals surface area contributed by atoms with E-state index in [1.165, 1.54) is 6.20 Å². The lowest BCUT2D eigenvalue weighted by molar-refractivity contribution is 0.0635. The molecule has 0 spiro atoms. The van der Waals surface area contributed by atoms with E-state index >= 15 is 0 Å². The van der Waals surface area contributed by atoms with Crippen LogP contribution in [0.4, 0.5) is 33.5 Å². The van der Waals surface area contributed by atoms with E-state index in [4.69, 9.17) is 9.47 Å². The molecule has 0 aliphatic rings. The lowest BCUT2D eigenvalue weighted by Gasteiger charge is -2.19. The molecule has 4 N–H and O–H groups in total. The van der Waals surface area contributed by atoms with Crippen molar-refractivity contribution in [1.82, 2.24) is 15.3 Å². The number of anilines is 5. The molecule has 0 aliphatic carbocycles. The summed E-state index contributed by atoms with van der Waals surface area (Å²) in [6.45, 7) is 5.44. The summed E-state index contributed by atoms with van der Waals surface area (Å²) in [5.74, 6) is 2.10. The number of benzene rings is 2. The van der Waals surface area contributed by atoms with Gasteiger partial charge in [-0.2, -0.15) is 0 Å². The van der Waals surface area contributed by atoms with Crippen LogP contribution in [0.2, 0.25) is 0 Å². The number of aromatic nitrogens is 2. The zero-order valence-corrected chi connectivity index (χ0v) is 22.1. The molecule has 0 saturated carbocycles. The first-order valence-corrected chi connectivity index (χ1v) is 12.2. The fourth-order valence-electron chi connectivity index (χ4n) is 3.44. The minimum Gasteiger partial charge on any atom is -0.457 e. The maximum atomic E-state index is 12.1. The molecule has 2 heterocycles. The van der Waals surface area contributed by atoms with Gasteiger partial charge in [0, 0.05) is 36.4 Å². The molecule has 10 heteroatoms. The van der Waals surface area contributed by atoms with Crippen LogP contribution in [0.15, 0.2) is 85.1 Å². The summed E-state index contributed by atoms with van der Waals surface area (Å²) in [6, 6.07) is 23.5. The lowest BCUT2D eigenvalue weighted by atomic mass is 10.2. The van der Waals surface area contributed by atoms with Crippen LogP contribution in [0.3, 0.4) is 0 Å². The third-order valence-electron chi connectivity index (χ3n) is 5.08. The first kappa shape index (κ1) is 26.9. The molecule has 0 atom stereocenters. The SMILES string of the molecule is CNC(=O)c1cc(Oc2ccc(Nc3cccc(Nc4cccc(NC(=O)OC(C)(C)C)c4)n3)cc2)ccn1. The Bertz CT molecular complexity index is 1450. The quantitative estimate of drug-likeness (QED) is 0.206. The molecule has 2 aromatic carbocycles. The number of nitrogens with zero attached hydrogens (tertiary/aromatic N) is 2. The van der Waals surface area contributed by atoms with Gasteiger partial charge in [-0.25, -0.2) is 9.78 Å². The maximum absolute atomic E-state index is 12.1. The predicted molar refractivity (Wildman–Crippen MR) is 151 cm³/mol. The summed E-state index contributed by atoms with van der Waals surface area (Å²) < 4.78 is 11.2. The molecule has 39 heavy (non-hydrogen) atoms. The smallest absolute Gasteiger partial charge is 0.412 e. The second-order valence-electron chi connectivity index (χ2n) is 9.45. The van der Waals surface area contributed by atoms with Crippen molar-refractivity contribution in [3.05, 3.63) is 90.8 Å². The van der Waals surface area contributed by atoms with Gasteiger partial charge in [0.15, 0.2) is 0 Å². The highest BCUT2D eigenvalue weighted by atomic mass is 16.6. The molecule has 10 nitrogen and oxygen atoms in total. The number of rotatable bonds is 8. The van der Waals surface area contributed by atoms with Gasteiger partial charge in [0.25, 0.3) is 5.91 Å². The Labute approximate surface area is 226 Å². The van der Waals surface area contributed by atoms with E-state index in [-0.39, 0.29) is 11.6 Å². The topological polar surface area (TPSA) is 127 Å². The van der Waals surface area contributed by atoms with E-state index in [0.717, 1.165) is 11.4 Å². The van der Waals surface area contributed by atoms with Gasteiger partial charge in [-0.15, -0.1) is 0 Å². The minimum absolute atomic E-state index is 0.277. The molecule has 4 aromatic rings. The van der Waals surface area contributed by atoms with Gasteiger partial charge in [0.1, 0.15) is 34.4 Å². The normalized spacial score (nSPS) is 10.8. The predicted octanol–water partition coefficient (Wildman–Crippen LogP) is 6.46. The number of hydrogen-bond donors (Lipinski definition) is 4. The van der Waals surface area contributed by atoms with Crippen molar-refractivity contribution < 1.29 is 19.1 Å². The summed E-state index contributed by atoms with van der Waals surface area (Å²) >= 11 is 0. The average Bonchev–Trinajstić information content (AvgIpc) is 2.89. The van der Waals surface area contributed by atoms with Crippen LogP contribution in [0, 0.1) is 0 Å². The van der Waals surface area contributed by atoms with E-state index in [9.17, 15) is 9.59 Å². The number of ether oxygens (including phenoxy) is 2. The molecular formula is C29H30N6O4. The van der Waals surface area contributed by atoms with Crippen molar-refractivity contribution in [2.45, 2.75) is 26.4 Å². The van der Waals surface area contributed by atoms with Crippen molar-refractivity contribution in [2.75, 3.05) is 23.0 Å². The minimum atomic E-state index is -0.581. The Morgan fingerprint density at radius 3 is 2.13 bits per heavy atom. The average molecular weight is 527 g/mol. The maximum Gasteiger partial charge on any atom is 0.412 e. The van der Waals surface area contributed by atoms with Crippen molar-refractivity contribution in [3.8, 4) is 11.5 Å². The Balaban J connectivity index is 1.37. The van der Waals surface area contributed by atoms with E-state index in [1.54, 1.807) is 31.3 Å². The molecule has 0 saturated heterocycles. The Kier molecular flexibility index (Phi) is 8.25. The van der Waals surface area contributed by atoms with E-state index in [1.807, 2.05) is 75.4 Å². The molecule has 0 bridgehead atoms. The Morgan fingerprint density at radius 2 is 1.44 bits per heavy atom. The Morgan fingerprint density at radius 1 is 0.769 bits per heavy atom. The van der Waals surface area contributed by atoms with Crippen LogP contribution in [0.1, 0.15) is 31.3 Å². The van der Waals surface area contributed by atoms with Gasteiger partial charge < -0.3 is 25.4 Å². The number of nitrogens with one attached hydrogen (secondary N) is 4. The summed E-state index contributed by atoms with van der Waals surface area (Å²) in [5.41, 5.74) is 1.87. The third kappa shape index (κ3) is 8.19. The van der Waals surface area contributed by atoms with Gasteiger partial charge in [-0.3, -0.25) is 15.1 Å². The fraction of sp³-hybridized carbons (Fsp3) is 0.172.